The van der Waals surface area contributed by atoms with E-state index < -0.39 is 0 Å². The van der Waals surface area contributed by atoms with Gasteiger partial charge in [0.1, 0.15) is 17.1 Å². The van der Waals surface area contributed by atoms with Gasteiger partial charge >= 0.3 is 0 Å². The van der Waals surface area contributed by atoms with Crippen LogP contribution in [0.4, 0.5) is 0 Å². The lowest BCUT2D eigenvalue weighted by Crippen LogP contribution is -2.64. The third kappa shape index (κ3) is 4.04. The summed E-state index contributed by atoms with van der Waals surface area (Å²) >= 11 is 0. The molecule has 2 atom stereocenters. The number of nitrogens with zero attached hydrogens (tertiary/aromatic N) is 3. The first-order chi connectivity index (χ1) is 13.1. The van der Waals surface area contributed by atoms with Crippen molar-refractivity contribution in [1.29, 1.82) is 0 Å². The molecule has 1 amide bonds. The summed E-state index contributed by atoms with van der Waals surface area (Å²) in [7, 11) is 0. The van der Waals surface area contributed by atoms with Crippen LogP contribution in [0, 0.1) is 6.92 Å². The molecule has 144 valence electrons. The Labute approximate surface area is 159 Å². The van der Waals surface area contributed by atoms with Crippen LogP contribution in [-0.2, 0) is 11.3 Å². The highest BCUT2D eigenvalue weighted by Gasteiger charge is 2.46. The first kappa shape index (κ1) is 18.1. The Morgan fingerprint density at radius 1 is 1.37 bits per heavy atom. The number of carbonyl (C=O) groups excluding carboxylic acids is 1. The number of rotatable bonds is 4. The molecule has 2 fully saturated rings. The Morgan fingerprint density at radius 3 is 3.07 bits per heavy atom. The number of carbonyl (C=O) groups is 1. The third-order valence-corrected chi connectivity index (χ3v) is 5.54. The normalized spacial score (nSPS) is 26.2. The number of hydrogen-bond donors (Lipinski definition) is 1. The molecule has 7 heteroatoms. The molecule has 27 heavy (non-hydrogen) atoms. The smallest absolute Gasteiger partial charge is 0.271 e. The molecule has 2 aliphatic rings. The van der Waals surface area contributed by atoms with Gasteiger partial charge < -0.3 is 14.5 Å². The third-order valence-electron chi connectivity index (χ3n) is 5.54. The molecule has 1 saturated heterocycles. The minimum Gasteiger partial charge on any atom is -0.468 e. The molecule has 2 aromatic rings. The van der Waals surface area contributed by atoms with Gasteiger partial charge in [0.05, 0.1) is 37.3 Å². The van der Waals surface area contributed by atoms with Gasteiger partial charge in [-0.05, 0) is 31.9 Å². The highest BCUT2D eigenvalue weighted by atomic mass is 16.5. The molecule has 0 radical (unpaired) electrons. The average molecular weight is 370 g/mol. The standard InChI is InChI=1S/C20H26N4O3/c1-15-11-22-17(12-21-15)19(25)23-18-6-2-3-7-20(18)14-24(8-10-27-20)13-16-5-4-9-26-16/h4-5,9,11-12,18H,2-3,6-8,10,13-14H2,1H3,(H,23,25)/t18-,20-/m1/s1. The molecule has 1 aliphatic heterocycles. The number of nitrogens with one attached hydrogen (secondary N) is 1. The zero-order valence-corrected chi connectivity index (χ0v) is 15.7. The second-order valence-corrected chi connectivity index (χ2v) is 7.52. The monoisotopic (exact) mass is 370 g/mol. The van der Waals surface area contributed by atoms with Gasteiger partial charge in [-0.1, -0.05) is 12.8 Å². The number of aromatic nitrogens is 2. The molecule has 0 unspecified atom stereocenters. The van der Waals surface area contributed by atoms with E-state index in [0.29, 0.717) is 12.3 Å². The number of aryl methyl sites for hydroxylation is 1. The van der Waals surface area contributed by atoms with Gasteiger partial charge in [-0.2, -0.15) is 0 Å². The van der Waals surface area contributed by atoms with Crippen LogP contribution in [-0.4, -0.2) is 52.1 Å². The van der Waals surface area contributed by atoms with Crippen molar-refractivity contribution in [2.24, 2.45) is 0 Å². The molecule has 0 aromatic carbocycles. The van der Waals surface area contributed by atoms with Crippen molar-refractivity contribution in [3.63, 3.8) is 0 Å². The maximum Gasteiger partial charge on any atom is 0.271 e. The van der Waals surface area contributed by atoms with Crippen LogP contribution in [0.25, 0.3) is 0 Å². The number of ether oxygens (including phenoxy) is 1. The van der Waals surface area contributed by atoms with Crippen molar-refractivity contribution in [2.45, 2.75) is 50.8 Å². The molecule has 1 saturated carbocycles. The number of hydrogen-bond acceptors (Lipinski definition) is 6. The van der Waals surface area contributed by atoms with Gasteiger partial charge in [0.15, 0.2) is 0 Å². The van der Waals surface area contributed by atoms with Crippen molar-refractivity contribution >= 4 is 5.91 Å². The molecule has 3 heterocycles. The van der Waals surface area contributed by atoms with Crippen molar-refractivity contribution in [2.75, 3.05) is 19.7 Å². The first-order valence-corrected chi connectivity index (χ1v) is 9.63. The summed E-state index contributed by atoms with van der Waals surface area (Å²) in [5.74, 6) is 0.777. The molecule has 7 nitrogen and oxygen atoms in total. The van der Waals surface area contributed by atoms with E-state index in [1.165, 1.54) is 6.20 Å². The van der Waals surface area contributed by atoms with Crippen LogP contribution in [0.5, 0.6) is 0 Å². The molecular formula is C20H26N4O3. The van der Waals surface area contributed by atoms with Gasteiger partial charge in [0.2, 0.25) is 0 Å². The summed E-state index contributed by atoms with van der Waals surface area (Å²) in [5.41, 5.74) is 0.797. The minimum atomic E-state index is -0.350. The maximum absolute atomic E-state index is 12.7. The number of amides is 1. The predicted molar refractivity (Wildman–Crippen MR) is 99.2 cm³/mol. The van der Waals surface area contributed by atoms with Crippen molar-refractivity contribution < 1.29 is 13.9 Å². The minimum absolute atomic E-state index is 0.0266. The molecule has 1 N–H and O–H groups in total. The zero-order valence-electron chi connectivity index (χ0n) is 15.7. The molecule has 1 spiro atoms. The lowest BCUT2D eigenvalue weighted by atomic mass is 9.78. The Balaban J connectivity index is 1.47. The lowest BCUT2D eigenvalue weighted by Gasteiger charge is -2.49. The summed E-state index contributed by atoms with van der Waals surface area (Å²) in [4.78, 5) is 23.4. The molecule has 1 aliphatic carbocycles. The van der Waals surface area contributed by atoms with E-state index in [-0.39, 0.29) is 17.6 Å². The lowest BCUT2D eigenvalue weighted by molar-refractivity contribution is -0.143. The fourth-order valence-electron chi connectivity index (χ4n) is 4.16. The summed E-state index contributed by atoms with van der Waals surface area (Å²) in [6.07, 6.45) is 8.93. The largest absolute Gasteiger partial charge is 0.468 e. The highest BCUT2D eigenvalue weighted by molar-refractivity contribution is 5.92. The van der Waals surface area contributed by atoms with E-state index >= 15 is 0 Å². The van der Waals surface area contributed by atoms with Crippen LogP contribution in [0.1, 0.15) is 47.6 Å². The van der Waals surface area contributed by atoms with E-state index in [1.54, 1.807) is 12.5 Å². The average Bonchev–Trinajstić information content (AvgIpc) is 3.17. The Morgan fingerprint density at radius 2 is 2.30 bits per heavy atom. The quantitative estimate of drug-likeness (QED) is 0.890. The van der Waals surface area contributed by atoms with Crippen LogP contribution < -0.4 is 5.32 Å². The van der Waals surface area contributed by atoms with E-state index in [9.17, 15) is 4.79 Å². The van der Waals surface area contributed by atoms with Crippen LogP contribution in [0.15, 0.2) is 35.2 Å². The van der Waals surface area contributed by atoms with Crippen LogP contribution >= 0.6 is 0 Å². The SMILES string of the molecule is Cc1cnc(C(=O)N[C@@H]2CCCC[C@@]23CN(Cc2ccco2)CCO3)cn1. The second-order valence-electron chi connectivity index (χ2n) is 7.52. The molecule has 2 aromatic heterocycles. The highest BCUT2D eigenvalue weighted by Crippen LogP contribution is 2.35. The van der Waals surface area contributed by atoms with Gasteiger partial charge in [-0.25, -0.2) is 4.98 Å². The van der Waals surface area contributed by atoms with Crippen molar-refractivity contribution in [1.82, 2.24) is 20.2 Å². The second kappa shape index (κ2) is 7.78. The van der Waals surface area contributed by atoms with Gasteiger partial charge in [-0.3, -0.25) is 14.7 Å². The van der Waals surface area contributed by atoms with E-state index in [1.807, 2.05) is 19.1 Å². The Kier molecular flexibility index (Phi) is 5.22. The topological polar surface area (TPSA) is 80.5 Å². The molecular weight excluding hydrogens is 344 g/mol. The molecule has 0 bridgehead atoms. The fraction of sp³-hybridized carbons (Fsp3) is 0.550. The number of furan rings is 1. The van der Waals surface area contributed by atoms with Crippen molar-refractivity contribution in [3.8, 4) is 0 Å². The Bertz CT molecular complexity index is 758. The molecule has 4 rings (SSSR count). The van der Waals surface area contributed by atoms with Gasteiger partial charge in [0, 0.05) is 19.3 Å². The summed E-state index contributed by atoms with van der Waals surface area (Å²) < 4.78 is 11.8. The Hall–Kier alpha value is -2.25. The van der Waals surface area contributed by atoms with E-state index in [2.05, 4.69) is 20.2 Å². The summed E-state index contributed by atoms with van der Waals surface area (Å²) in [5, 5.41) is 3.18. The summed E-state index contributed by atoms with van der Waals surface area (Å²) in [6, 6.07) is 3.89. The summed E-state index contributed by atoms with van der Waals surface area (Å²) in [6.45, 7) is 4.94. The fourth-order valence-corrected chi connectivity index (χ4v) is 4.16. The number of morpholine rings is 1. The van der Waals surface area contributed by atoms with Crippen LogP contribution in [0.3, 0.4) is 0 Å². The zero-order chi connectivity index (χ0) is 18.7. The van der Waals surface area contributed by atoms with Crippen molar-refractivity contribution in [3.05, 3.63) is 47.9 Å². The van der Waals surface area contributed by atoms with Crippen LogP contribution in [0.2, 0.25) is 0 Å². The predicted octanol–water partition coefficient (Wildman–Crippen LogP) is 2.32. The van der Waals surface area contributed by atoms with Gasteiger partial charge in [0.25, 0.3) is 5.91 Å². The maximum atomic E-state index is 12.7. The first-order valence-electron chi connectivity index (χ1n) is 9.63. The van der Waals surface area contributed by atoms with Gasteiger partial charge in [-0.15, -0.1) is 0 Å². The van der Waals surface area contributed by atoms with E-state index in [4.69, 9.17) is 9.15 Å². The van der Waals surface area contributed by atoms with E-state index in [0.717, 1.165) is 56.8 Å².